The predicted octanol–water partition coefficient (Wildman–Crippen LogP) is 2.61. The summed E-state index contributed by atoms with van der Waals surface area (Å²) in [5.74, 6) is 0.329. The minimum atomic E-state index is -0.344. The summed E-state index contributed by atoms with van der Waals surface area (Å²) in [5, 5.41) is 8.07. The molecule has 3 rings (SSSR count). The SMILES string of the molecule is CNC(c1cc2cccc(F)c2o1)c1ccnn1C. The van der Waals surface area contributed by atoms with Crippen LogP contribution in [0.2, 0.25) is 0 Å². The van der Waals surface area contributed by atoms with Crippen LogP contribution in [0.1, 0.15) is 17.5 Å². The zero-order chi connectivity index (χ0) is 13.4. The van der Waals surface area contributed by atoms with Crippen molar-refractivity contribution >= 4 is 11.0 Å². The Balaban J connectivity index is 2.12. The summed E-state index contributed by atoms with van der Waals surface area (Å²) >= 11 is 0. The van der Waals surface area contributed by atoms with Crippen molar-refractivity contribution in [2.24, 2.45) is 7.05 Å². The maximum atomic E-state index is 13.7. The molecule has 2 heterocycles. The van der Waals surface area contributed by atoms with Gasteiger partial charge < -0.3 is 9.73 Å². The van der Waals surface area contributed by atoms with Gasteiger partial charge in [0.05, 0.1) is 5.69 Å². The second kappa shape index (κ2) is 4.51. The molecule has 4 nitrogen and oxygen atoms in total. The second-order valence-electron chi connectivity index (χ2n) is 4.41. The van der Waals surface area contributed by atoms with E-state index < -0.39 is 0 Å². The summed E-state index contributed by atoms with van der Waals surface area (Å²) in [6.45, 7) is 0. The Bertz CT molecular complexity index is 716. The van der Waals surface area contributed by atoms with Crippen molar-refractivity contribution in [3.63, 3.8) is 0 Å². The van der Waals surface area contributed by atoms with Crippen LogP contribution in [0, 0.1) is 5.82 Å². The molecule has 0 saturated heterocycles. The normalized spacial score (nSPS) is 13.0. The molecule has 0 amide bonds. The Morgan fingerprint density at radius 2 is 2.21 bits per heavy atom. The first-order chi connectivity index (χ1) is 9.20. The number of para-hydroxylation sites is 1. The summed E-state index contributed by atoms with van der Waals surface area (Å²) in [7, 11) is 3.70. The third-order valence-electron chi connectivity index (χ3n) is 3.24. The number of aryl methyl sites for hydroxylation is 1. The molecular formula is C14H14FN3O. The summed E-state index contributed by atoms with van der Waals surface area (Å²) in [6, 6.07) is 8.52. The van der Waals surface area contributed by atoms with E-state index in [2.05, 4.69) is 10.4 Å². The maximum Gasteiger partial charge on any atom is 0.169 e. The molecule has 5 heteroatoms. The van der Waals surface area contributed by atoms with E-state index in [-0.39, 0.29) is 11.9 Å². The molecule has 0 aliphatic heterocycles. The van der Waals surface area contributed by atoms with Crippen LogP contribution in [0.4, 0.5) is 4.39 Å². The van der Waals surface area contributed by atoms with Crippen molar-refractivity contribution in [3.05, 3.63) is 53.8 Å². The fourth-order valence-corrected chi connectivity index (χ4v) is 2.29. The van der Waals surface area contributed by atoms with Gasteiger partial charge in [-0.05, 0) is 25.2 Å². The molecule has 1 aromatic carbocycles. The molecule has 0 spiro atoms. The Morgan fingerprint density at radius 3 is 2.84 bits per heavy atom. The number of halogens is 1. The lowest BCUT2D eigenvalue weighted by Gasteiger charge is -2.13. The monoisotopic (exact) mass is 259 g/mol. The van der Waals surface area contributed by atoms with Gasteiger partial charge >= 0.3 is 0 Å². The van der Waals surface area contributed by atoms with Crippen molar-refractivity contribution in [1.82, 2.24) is 15.1 Å². The van der Waals surface area contributed by atoms with Crippen LogP contribution in [-0.4, -0.2) is 16.8 Å². The Kier molecular flexibility index (Phi) is 2.83. The lowest BCUT2D eigenvalue weighted by atomic mass is 10.1. The highest BCUT2D eigenvalue weighted by Gasteiger charge is 2.20. The smallest absolute Gasteiger partial charge is 0.169 e. The molecule has 19 heavy (non-hydrogen) atoms. The zero-order valence-electron chi connectivity index (χ0n) is 10.7. The summed E-state index contributed by atoms with van der Waals surface area (Å²) < 4.78 is 21.1. The first-order valence-corrected chi connectivity index (χ1v) is 6.04. The van der Waals surface area contributed by atoms with E-state index in [9.17, 15) is 4.39 Å². The van der Waals surface area contributed by atoms with Gasteiger partial charge in [-0.15, -0.1) is 0 Å². The summed E-state index contributed by atoms with van der Waals surface area (Å²) in [5.41, 5.74) is 1.25. The van der Waals surface area contributed by atoms with Crippen LogP contribution < -0.4 is 5.32 Å². The van der Waals surface area contributed by atoms with Gasteiger partial charge in [-0.3, -0.25) is 4.68 Å². The Morgan fingerprint density at radius 1 is 1.37 bits per heavy atom. The van der Waals surface area contributed by atoms with E-state index >= 15 is 0 Å². The maximum absolute atomic E-state index is 13.7. The largest absolute Gasteiger partial charge is 0.456 e. The number of hydrogen-bond donors (Lipinski definition) is 1. The molecule has 0 bridgehead atoms. The lowest BCUT2D eigenvalue weighted by molar-refractivity contribution is 0.462. The highest BCUT2D eigenvalue weighted by molar-refractivity contribution is 5.78. The summed E-state index contributed by atoms with van der Waals surface area (Å²) in [4.78, 5) is 0. The van der Waals surface area contributed by atoms with Gasteiger partial charge in [-0.25, -0.2) is 4.39 Å². The minimum absolute atomic E-state index is 0.153. The van der Waals surface area contributed by atoms with E-state index in [4.69, 9.17) is 4.42 Å². The number of furan rings is 1. The van der Waals surface area contributed by atoms with Crippen LogP contribution in [0.5, 0.6) is 0 Å². The first-order valence-electron chi connectivity index (χ1n) is 6.04. The number of nitrogens with zero attached hydrogens (tertiary/aromatic N) is 2. The second-order valence-corrected chi connectivity index (χ2v) is 4.41. The van der Waals surface area contributed by atoms with E-state index in [0.717, 1.165) is 11.1 Å². The van der Waals surface area contributed by atoms with Gasteiger partial charge in [0.2, 0.25) is 0 Å². The highest BCUT2D eigenvalue weighted by atomic mass is 19.1. The molecule has 0 fully saturated rings. The van der Waals surface area contributed by atoms with Gasteiger partial charge in [0, 0.05) is 18.6 Å². The highest BCUT2D eigenvalue weighted by Crippen LogP contribution is 2.29. The molecule has 1 N–H and O–H groups in total. The third kappa shape index (κ3) is 1.92. The van der Waals surface area contributed by atoms with Crippen LogP contribution in [0.25, 0.3) is 11.0 Å². The number of hydrogen-bond acceptors (Lipinski definition) is 3. The molecular weight excluding hydrogens is 245 g/mol. The van der Waals surface area contributed by atoms with Gasteiger partial charge in [0.25, 0.3) is 0 Å². The number of benzene rings is 1. The average molecular weight is 259 g/mol. The fraction of sp³-hybridized carbons (Fsp3) is 0.214. The van der Waals surface area contributed by atoms with Gasteiger partial charge in [-0.1, -0.05) is 12.1 Å². The predicted molar refractivity (Wildman–Crippen MR) is 70.3 cm³/mol. The molecule has 0 aliphatic rings. The molecule has 2 aromatic heterocycles. The molecule has 3 aromatic rings. The number of nitrogens with one attached hydrogen (secondary N) is 1. The van der Waals surface area contributed by atoms with Crippen molar-refractivity contribution in [2.75, 3.05) is 7.05 Å². The zero-order valence-corrected chi connectivity index (χ0v) is 10.7. The number of aromatic nitrogens is 2. The van der Waals surface area contributed by atoms with Gasteiger partial charge in [0.15, 0.2) is 11.4 Å². The van der Waals surface area contributed by atoms with Crippen LogP contribution in [-0.2, 0) is 7.05 Å². The molecule has 0 saturated carbocycles. The fourth-order valence-electron chi connectivity index (χ4n) is 2.29. The number of fused-ring (bicyclic) bond motifs is 1. The average Bonchev–Trinajstić information content (AvgIpc) is 2.99. The van der Waals surface area contributed by atoms with E-state index in [1.54, 1.807) is 16.9 Å². The Hall–Kier alpha value is -2.14. The van der Waals surface area contributed by atoms with Crippen molar-refractivity contribution < 1.29 is 8.81 Å². The standard InChI is InChI=1S/C14H14FN3O/c1-16-13(11-6-7-17-18(11)2)12-8-9-4-3-5-10(15)14(9)19-12/h3-8,13,16H,1-2H3. The lowest BCUT2D eigenvalue weighted by Crippen LogP contribution is -2.20. The molecule has 1 unspecified atom stereocenters. The number of rotatable bonds is 3. The van der Waals surface area contributed by atoms with E-state index in [1.165, 1.54) is 6.07 Å². The van der Waals surface area contributed by atoms with E-state index in [0.29, 0.717) is 11.3 Å². The van der Waals surface area contributed by atoms with Crippen molar-refractivity contribution in [2.45, 2.75) is 6.04 Å². The first kappa shape index (κ1) is 11.9. The van der Waals surface area contributed by atoms with Crippen LogP contribution in [0.3, 0.4) is 0 Å². The van der Waals surface area contributed by atoms with E-state index in [1.807, 2.05) is 32.3 Å². The molecule has 0 radical (unpaired) electrons. The topological polar surface area (TPSA) is 43.0 Å². The quantitative estimate of drug-likeness (QED) is 0.786. The summed E-state index contributed by atoms with van der Waals surface area (Å²) in [6.07, 6.45) is 1.73. The molecule has 1 atom stereocenters. The van der Waals surface area contributed by atoms with Crippen molar-refractivity contribution in [3.8, 4) is 0 Å². The van der Waals surface area contributed by atoms with Crippen molar-refractivity contribution in [1.29, 1.82) is 0 Å². The minimum Gasteiger partial charge on any atom is -0.456 e. The van der Waals surface area contributed by atoms with Crippen LogP contribution >= 0.6 is 0 Å². The van der Waals surface area contributed by atoms with Gasteiger partial charge in [0.1, 0.15) is 11.8 Å². The molecule has 98 valence electrons. The third-order valence-corrected chi connectivity index (χ3v) is 3.24. The molecule has 0 aliphatic carbocycles. The Labute approximate surface area is 109 Å². The van der Waals surface area contributed by atoms with Crippen LogP contribution in [0.15, 0.2) is 40.9 Å². The van der Waals surface area contributed by atoms with Gasteiger partial charge in [-0.2, -0.15) is 5.10 Å².